The Bertz CT molecular complexity index is 823. The summed E-state index contributed by atoms with van der Waals surface area (Å²) < 4.78 is 8.13. The van der Waals surface area contributed by atoms with Crippen LogP contribution >= 0.6 is 0 Å². The standard InChI is InChI=1S/C17H23N5O3/c1-13-10-20(11-14(13)19-6-8-25-9-7-19)16(23)12-22-17(24)21-5-3-2-4-15(21)18-22/h2-5,13-14H,6-12H2,1H3/t13-,14-/m1/s1. The second-order valence-electron chi connectivity index (χ2n) is 6.86. The predicted molar refractivity (Wildman–Crippen MR) is 91.4 cm³/mol. The van der Waals surface area contributed by atoms with E-state index in [2.05, 4.69) is 16.9 Å². The van der Waals surface area contributed by atoms with Gasteiger partial charge in [-0.25, -0.2) is 9.48 Å². The number of likely N-dealkylation sites (tertiary alicyclic amines) is 1. The largest absolute Gasteiger partial charge is 0.379 e. The van der Waals surface area contributed by atoms with Crippen LogP contribution in [0.4, 0.5) is 0 Å². The molecule has 2 atom stereocenters. The third-order valence-corrected chi connectivity index (χ3v) is 5.21. The molecule has 8 heteroatoms. The van der Waals surface area contributed by atoms with Gasteiger partial charge in [-0.15, -0.1) is 5.10 Å². The van der Waals surface area contributed by atoms with Gasteiger partial charge in [-0.05, 0) is 18.1 Å². The lowest BCUT2D eigenvalue weighted by molar-refractivity contribution is -0.131. The number of carbonyl (C=O) groups excluding carboxylic acids is 1. The van der Waals surface area contributed by atoms with E-state index in [9.17, 15) is 9.59 Å². The molecule has 0 unspecified atom stereocenters. The lowest BCUT2D eigenvalue weighted by atomic mass is 10.0. The average molecular weight is 345 g/mol. The number of rotatable bonds is 3. The molecular formula is C17H23N5O3. The maximum absolute atomic E-state index is 12.7. The number of carbonyl (C=O) groups is 1. The molecule has 2 saturated heterocycles. The molecule has 0 radical (unpaired) electrons. The quantitative estimate of drug-likeness (QED) is 0.762. The third-order valence-electron chi connectivity index (χ3n) is 5.21. The Balaban J connectivity index is 1.46. The van der Waals surface area contributed by atoms with Crippen LogP contribution in [0.3, 0.4) is 0 Å². The van der Waals surface area contributed by atoms with Crippen LogP contribution in [0.5, 0.6) is 0 Å². The van der Waals surface area contributed by atoms with Crippen molar-refractivity contribution in [2.24, 2.45) is 5.92 Å². The zero-order valence-electron chi connectivity index (χ0n) is 14.4. The summed E-state index contributed by atoms with van der Waals surface area (Å²) in [5.74, 6) is 0.368. The molecule has 0 aromatic carbocycles. The van der Waals surface area contributed by atoms with Crippen LogP contribution in [-0.4, -0.2) is 75.3 Å². The summed E-state index contributed by atoms with van der Waals surface area (Å²) in [6, 6.07) is 5.72. The second kappa shape index (κ2) is 6.61. The molecular weight excluding hydrogens is 322 g/mol. The molecule has 1 amide bonds. The van der Waals surface area contributed by atoms with Crippen molar-refractivity contribution in [2.75, 3.05) is 39.4 Å². The fourth-order valence-corrected chi connectivity index (χ4v) is 3.84. The van der Waals surface area contributed by atoms with Crippen molar-refractivity contribution in [3.63, 3.8) is 0 Å². The molecule has 0 aliphatic carbocycles. The van der Waals surface area contributed by atoms with Gasteiger partial charge in [0.2, 0.25) is 5.91 Å². The number of hydrogen-bond acceptors (Lipinski definition) is 5. The first kappa shape index (κ1) is 16.3. The van der Waals surface area contributed by atoms with E-state index < -0.39 is 0 Å². The van der Waals surface area contributed by atoms with Gasteiger partial charge in [-0.2, -0.15) is 0 Å². The highest BCUT2D eigenvalue weighted by atomic mass is 16.5. The Morgan fingerprint density at radius 3 is 2.84 bits per heavy atom. The lowest BCUT2D eigenvalue weighted by Gasteiger charge is -2.33. The number of aromatic nitrogens is 3. The number of amides is 1. The maximum atomic E-state index is 12.7. The molecule has 4 rings (SSSR count). The summed E-state index contributed by atoms with van der Waals surface area (Å²) in [6.45, 7) is 6.96. The van der Waals surface area contributed by atoms with Crippen molar-refractivity contribution in [1.82, 2.24) is 24.0 Å². The van der Waals surface area contributed by atoms with E-state index >= 15 is 0 Å². The van der Waals surface area contributed by atoms with Crippen LogP contribution in [0.25, 0.3) is 5.65 Å². The Morgan fingerprint density at radius 1 is 1.28 bits per heavy atom. The summed E-state index contributed by atoms with van der Waals surface area (Å²) in [5, 5.41) is 4.24. The molecule has 25 heavy (non-hydrogen) atoms. The SMILES string of the molecule is C[C@@H]1CN(C(=O)Cn2nc3ccccn3c2=O)C[C@H]1N1CCOCC1. The topological polar surface area (TPSA) is 72.1 Å². The van der Waals surface area contributed by atoms with Crippen LogP contribution < -0.4 is 5.69 Å². The smallest absolute Gasteiger partial charge is 0.350 e. The van der Waals surface area contributed by atoms with Crippen molar-refractivity contribution >= 4 is 11.6 Å². The zero-order valence-corrected chi connectivity index (χ0v) is 14.4. The summed E-state index contributed by atoms with van der Waals surface area (Å²) in [5.41, 5.74) is 0.280. The minimum Gasteiger partial charge on any atom is -0.379 e. The molecule has 2 aromatic heterocycles. The first-order valence-electron chi connectivity index (χ1n) is 8.77. The monoisotopic (exact) mass is 345 g/mol. The van der Waals surface area contributed by atoms with E-state index in [1.165, 1.54) is 9.08 Å². The van der Waals surface area contributed by atoms with Gasteiger partial charge in [-0.3, -0.25) is 14.1 Å². The van der Waals surface area contributed by atoms with Crippen LogP contribution in [0.15, 0.2) is 29.2 Å². The molecule has 0 bridgehead atoms. The number of pyridine rings is 1. The lowest BCUT2D eigenvalue weighted by Crippen LogP contribution is -2.47. The van der Waals surface area contributed by atoms with Gasteiger partial charge >= 0.3 is 5.69 Å². The van der Waals surface area contributed by atoms with E-state index in [0.717, 1.165) is 32.8 Å². The van der Waals surface area contributed by atoms with Gasteiger partial charge in [0.25, 0.3) is 0 Å². The minimum absolute atomic E-state index is 0.0108. The highest BCUT2D eigenvalue weighted by Crippen LogP contribution is 2.22. The molecule has 4 heterocycles. The number of hydrogen-bond donors (Lipinski definition) is 0. The van der Waals surface area contributed by atoms with E-state index in [1.54, 1.807) is 18.3 Å². The first-order valence-corrected chi connectivity index (χ1v) is 8.77. The first-order chi connectivity index (χ1) is 12.1. The van der Waals surface area contributed by atoms with E-state index in [0.29, 0.717) is 24.2 Å². The van der Waals surface area contributed by atoms with Gasteiger partial charge in [-0.1, -0.05) is 13.0 Å². The molecule has 134 valence electrons. The Labute approximate surface area is 145 Å². The van der Waals surface area contributed by atoms with Crippen LogP contribution in [0.1, 0.15) is 6.92 Å². The van der Waals surface area contributed by atoms with Crippen molar-refractivity contribution < 1.29 is 9.53 Å². The molecule has 0 saturated carbocycles. The van der Waals surface area contributed by atoms with Crippen LogP contribution in [-0.2, 0) is 16.1 Å². The third kappa shape index (κ3) is 3.07. The molecule has 2 aromatic rings. The van der Waals surface area contributed by atoms with Crippen molar-refractivity contribution in [3.8, 4) is 0 Å². The highest BCUT2D eigenvalue weighted by molar-refractivity contribution is 5.76. The van der Waals surface area contributed by atoms with Gasteiger partial charge < -0.3 is 9.64 Å². The van der Waals surface area contributed by atoms with Gasteiger partial charge in [0.1, 0.15) is 6.54 Å². The second-order valence-corrected chi connectivity index (χ2v) is 6.86. The van der Waals surface area contributed by atoms with Crippen molar-refractivity contribution in [3.05, 3.63) is 34.9 Å². The van der Waals surface area contributed by atoms with Crippen LogP contribution in [0, 0.1) is 5.92 Å². The molecule has 0 spiro atoms. The molecule has 2 fully saturated rings. The molecule has 8 nitrogen and oxygen atoms in total. The fourth-order valence-electron chi connectivity index (χ4n) is 3.84. The zero-order chi connectivity index (χ0) is 17.4. The number of ether oxygens (including phenoxy) is 1. The van der Waals surface area contributed by atoms with E-state index in [1.807, 2.05) is 11.0 Å². The molecule has 2 aliphatic heterocycles. The van der Waals surface area contributed by atoms with E-state index in [-0.39, 0.29) is 18.1 Å². The van der Waals surface area contributed by atoms with Crippen molar-refractivity contribution in [1.29, 1.82) is 0 Å². The Morgan fingerprint density at radius 2 is 2.08 bits per heavy atom. The Hall–Kier alpha value is -2.19. The van der Waals surface area contributed by atoms with Crippen LogP contribution in [0.2, 0.25) is 0 Å². The summed E-state index contributed by atoms with van der Waals surface area (Å²) in [4.78, 5) is 29.3. The normalized spacial score (nSPS) is 24.9. The summed E-state index contributed by atoms with van der Waals surface area (Å²) in [6.07, 6.45) is 1.66. The number of morpholine rings is 1. The maximum Gasteiger partial charge on any atom is 0.350 e. The van der Waals surface area contributed by atoms with Crippen molar-refractivity contribution in [2.45, 2.75) is 19.5 Å². The summed E-state index contributed by atoms with van der Waals surface area (Å²) in [7, 11) is 0. The number of fused-ring (bicyclic) bond motifs is 1. The molecule has 0 N–H and O–H groups in total. The minimum atomic E-state index is -0.277. The predicted octanol–water partition coefficient (Wildman–Crippen LogP) is -0.325. The van der Waals surface area contributed by atoms with Gasteiger partial charge in [0, 0.05) is 38.4 Å². The molecule has 2 aliphatic rings. The average Bonchev–Trinajstić information content (AvgIpc) is 3.17. The Kier molecular flexibility index (Phi) is 4.30. The van der Waals surface area contributed by atoms with Gasteiger partial charge in [0.15, 0.2) is 5.65 Å². The number of nitrogens with zero attached hydrogens (tertiary/aromatic N) is 5. The highest BCUT2D eigenvalue weighted by Gasteiger charge is 2.36. The van der Waals surface area contributed by atoms with E-state index in [4.69, 9.17) is 4.74 Å². The van der Waals surface area contributed by atoms with Gasteiger partial charge in [0.05, 0.1) is 13.2 Å². The summed E-state index contributed by atoms with van der Waals surface area (Å²) >= 11 is 0. The fraction of sp³-hybridized carbons (Fsp3) is 0.588.